The van der Waals surface area contributed by atoms with Crippen molar-refractivity contribution in [3.8, 4) is 6.07 Å². The highest BCUT2D eigenvalue weighted by molar-refractivity contribution is 7.89. The van der Waals surface area contributed by atoms with Crippen molar-refractivity contribution < 1.29 is 8.42 Å². The van der Waals surface area contributed by atoms with Gasteiger partial charge in [0.1, 0.15) is 11.0 Å². The number of nitriles is 1. The molecule has 1 aromatic rings. The summed E-state index contributed by atoms with van der Waals surface area (Å²) < 4.78 is 27.4. The molecule has 1 saturated heterocycles. The molecular weight excluding hydrogens is 264 g/mol. The molecule has 1 fully saturated rings. The first kappa shape index (κ1) is 13.9. The highest BCUT2D eigenvalue weighted by atomic mass is 32.2. The lowest BCUT2D eigenvalue weighted by atomic mass is 9.92. The van der Waals surface area contributed by atoms with Gasteiger partial charge < -0.3 is 5.32 Å². The van der Waals surface area contributed by atoms with Crippen LogP contribution >= 0.6 is 0 Å². The maximum atomic E-state index is 12.4. The van der Waals surface area contributed by atoms with Gasteiger partial charge in [0.05, 0.1) is 0 Å². The van der Waals surface area contributed by atoms with E-state index in [-0.39, 0.29) is 10.6 Å². The molecule has 2 heterocycles. The molecule has 7 heteroatoms. The van der Waals surface area contributed by atoms with Gasteiger partial charge in [0.25, 0.3) is 0 Å². The molecule has 2 rings (SSSR count). The average molecular weight is 280 g/mol. The summed E-state index contributed by atoms with van der Waals surface area (Å²) in [5, 5.41) is 12.1. The fraction of sp³-hybridized carbons (Fsp3) is 0.500. The van der Waals surface area contributed by atoms with Gasteiger partial charge in [0.15, 0.2) is 5.69 Å². The minimum atomic E-state index is -3.72. The zero-order chi connectivity index (χ0) is 13.9. The Morgan fingerprint density at radius 3 is 2.79 bits per heavy atom. The maximum Gasteiger partial charge on any atom is 0.243 e. The highest BCUT2D eigenvalue weighted by Gasteiger charge is 2.33. The van der Waals surface area contributed by atoms with E-state index in [1.54, 1.807) is 0 Å². The van der Waals surface area contributed by atoms with Crippen LogP contribution in [-0.4, -0.2) is 32.0 Å². The summed E-state index contributed by atoms with van der Waals surface area (Å²) in [4.78, 5) is 3.73. The number of sulfonamides is 1. The molecule has 6 nitrogen and oxygen atoms in total. The van der Waals surface area contributed by atoms with E-state index in [9.17, 15) is 8.42 Å². The molecule has 0 aromatic carbocycles. The number of pyridine rings is 1. The molecular formula is C12H16N4O2S. The van der Waals surface area contributed by atoms with E-state index in [2.05, 4.69) is 15.0 Å². The van der Waals surface area contributed by atoms with E-state index in [4.69, 9.17) is 5.26 Å². The predicted octanol–water partition coefficient (Wildman–Crippen LogP) is 0.374. The van der Waals surface area contributed by atoms with Gasteiger partial charge in [-0.3, -0.25) is 0 Å². The van der Waals surface area contributed by atoms with Crippen LogP contribution in [0.3, 0.4) is 0 Å². The van der Waals surface area contributed by atoms with Crippen LogP contribution in [0.5, 0.6) is 0 Å². The normalized spacial score (nSPS) is 18.7. The molecule has 2 N–H and O–H groups in total. The Bertz CT molecular complexity index is 600. The van der Waals surface area contributed by atoms with E-state index >= 15 is 0 Å². The van der Waals surface area contributed by atoms with Crippen molar-refractivity contribution in [2.45, 2.75) is 30.2 Å². The van der Waals surface area contributed by atoms with E-state index in [1.165, 1.54) is 18.3 Å². The molecule has 0 spiro atoms. The van der Waals surface area contributed by atoms with Crippen LogP contribution in [0, 0.1) is 11.3 Å². The highest BCUT2D eigenvalue weighted by Crippen LogP contribution is 2.22. The Labute approximate surface area is 112 Å². The minimum absolute atomic E-state index is 0.0581. The van der Waals surface area contributed by atoms with Crippen LogP contribution in [0.1, 0.15) is 25.5 Å². The number of nitrogens with one attached hydrogen (secondary N) is 2. The van der Waals surface area contributed by atoms with Crippen molar-refractivity contribution in [2.24, 2.45) is 0 Å². The van der Waals surface area contributed by atoms with Crippen molar-refractivity contribution in [1.82, 2.24) is 15.0 Å². The summed E-state index contributed by atoms with van der Waals surface area (Å²) in [7, 11) is -3.72. The summed E-state index contributed by atoms with van der Waals surface area (Å²) in [5.74, 6) is 0. The van der Waals surface area contributed by atoms with Gasteiger partial charge in [-0.25, -0.2) is 18.1 Å². The molecule has 102 valence electrons. The lowest BCUT2D eigenvalue weighted by Gasteiger charge is -2.34. The Balaban J connectivity index is 2.30. The van der Waals surface area contributed by atoms with Crippen LogP contribution in [0.2, 0.25) is 0 Å². The molecule has 0 unspecified atom stereocenters. The van der Waals surface area contributed by atoms with Gasteiger partial charge in [-0.15, -0.1) is 0 Å². The first-order valence-electron chi connectivity index (χ1n) is 6.07. The van der Waals surface area contributed by atoms with Crippen molar-refractivity contribution >= 4 is 10.0 Å². The average Bonchev–Trinajstić information content (AvgIpc) is 2.38. The van der Waals surface area contributed by atoms with Crippen LogP contribution < -0.4 is 10.0 Å². The van der Waals surface area contributed by atoms with Crippen LogP contribution in [-0.2, 0) is 10.0 Å². The molecule has 0 radical (unpaired) electrons. The molecule has 0 aliphatic carbocycles. The van der Waals surface area contributed by atoms with Gasteiger partial charge in [-0.2, -0.15) is 5.26 Å². The molecule has 1 aromatic heterocycles. The third-order valence-corrected chi connectivity index (χ3v) is 4.92. The van der Waals surface area contributed by atoms with Gasteiger partial charge in [-0.05, 0) is 45.0 Å². The van der Waals surface area contributed by atoms with Gasteiger partial charge in [-0.1, -0.05) is 0 Å². The maximum absolute atomic E-state index is 12.4. The summed E-state index contributed by atoms with van der Waals surface area (Å²) in [6.07, 6.45) is 2.84. The summed E-state index contributed by atoms with van der Waals surface area (Å²) in [5.41, 5.74) is -0.556. The smallest absolute Gasteiger partial charge is 0.243 e. The number of hydrogen-bond acceptors (Lipinski definition) is 5. The second kappa shape index (κ2) is 5.25. The van der Waals surface area contributed by atoms with Crippen LogP contribution in [0.15, 0.2) is 23.2 Å². The number of aromatic nitrogens is 1. The first-order valence-corrected chi connectivity index (χ1v) is 7.55. The molecule has 1 aliphatic rings. The van der Waals surface area contributed by atoms with E-state index < -0.39 is 15.6 Å². The Hall–Kier alpha value is -1.49. The molecule has 0 amide bonds. The lowest BCUT2D eigenvalue weighted by molar-refractivity contribution is 0.308. The van der Waals surface area contributed by atoms with Gasteiger partial charge >= 0.3 is 0 Å². The summed E-state index contributed by atoms with van der Waals surface area (Å²) >= 11 is 0. The predicted molar refractivity (Wildman–Crippen MR) is 69.8 cm³/mol. The molecule has 1 aliphatic heterocycles. The number of piperidine rings is 1. The monoisotopic (exact) mass is 280 g/mol. The first-order chi connectivity index (χ1) is 8.97. The van der Waals surface area contributed by atoms with Crippen molar-refractivity contribution in [1.29, 1.82) is 5.26 Å². The van der Waals surface area contributed by atoms with Gasteiger partial charge in [0, 0.05) is 11.7 Å². The standard InChI is InChI=1S/C12H16N4O2S/c1-12(4-7-14-8-5-12)16-19(17,18)11-3-2-6-15-10(11)9-13/h2-3,6,14,16H,4-5,7-8H2,1H3. The SMILES string of the molecule is CC1(NS(=O)(=O)c2cccnc2C#N)CCNCC1. The third-order valence-electron chi connectivity index (χ3n) is 3.25. The van der Waals surface area contributed by atoms with E-state index in [0.717, 1.165) is 13.1 Å². The minimum Gasteiger partial charge on any atom is -0.317 e. The Kier molecular flexibility index (Phi) is 3.85. The third kappa shape index (κ3) is 3.10. The molecule has 0 bridgehead atoms. The quantitative estimate of drug-likeness (QED) is 0.834. The van der Waals surface area contributed by atoms with Crippen molar-refractivity contribution in [3.63, 3.8) is 0 Å². The zero-order valence-electron chi connectivity index (χ0n) is 10.7. The van der Waals surface area contributed by atoms with Gasteiger partial charge in [0.2, 0.25) is 10.0 Å². The molecule has 0 atom stereocenters. The van der Waals surface area contributed by atoms with Crippen molar-refractivity contribution in [2.75, 3.05) is 13.1 Å². The Morgan fingerprint density at radius 2 is 2.16 bits per heavy atom. The lowest BCUT2D eigenvalue weighted by Crippen LogP contribution is -2.52. The molecule has 19 heavy (non-hydrogen) atoms. The number of rotatable bonds is 3. The fourth-order valence-corrected chi connectivity index (χ4v) is 3.72. The van der Waals surface area contributed by atoms with E-state index in [0.29, 0.717) is 12.8 Å². The second-order valence-electron chi connectivity index (χ2n) is 4.88. The van der Waals surface area contributed by atoms with Crippen LogP contribution in [0.25, 0.3) is 0 Å². The summed E-state index contributed by atoms with van der Waals surface area (Å²) in [6.45, 7) is 3.43. The summed E-state index contributed by atoms with van der Waals surface area (Å²) in [6, 6.07) is 4.72. The topological polar surface area (TPSA) is 94.9 Å². The van der Waals surface area contributed by atoms with Crippen molar-refractivity contribution in [3.05, 3.63) is 24.0 Å². The van der Waals surface area contributed by atoms with Crippen LogP contribution in [0.4, 0.5) is 0 Å². The fourth-order valence-electron chi connectivity index (χ4n) is 2.15. The zero-order valence-corrected chi connectivity index (χ0v) is 11.5. The van der Waals surface area contributed by atoms with E-state index in [1.807, 2.05) is 13.0 Å². The molecule has 0 saturated carbocycles. The number of nitrogens with zero attached hydrogens (tertiary/aromatic N) is 2. The largest absolute Gasteiger partial charge is 0.317 e. The Morgan fingerprint density at radius 1 is 1.47 bits per heavy atom. The second-order valence-corrected chi connectivity index (χ2v) is 6.53. The number of hydrogen-bond donors (Lipinski definition) is 2.